The molecule has 2 heterocycles. The van der Waals surface area contributed by atoms with Crippen LogP contribution in [0.1, 0.15) is 19.5 Å². The Morgan fingerprint density at radius 3 is 2.52 bits per heavy atom. The normalized spacial score (nSPS) is 16.9. The Balaban J connectivity index is 2.00. The number of imide groups is 1. The van der Waals surface area contributed by atoms with Crippen LogP contribution < -0.4 is 0 Å². The van der Waals surface area contributed by atoms with Gasteiger partial charge < -0.3 is 4.57 Å². The standard InChI is InChI=1S/C17H15FN2O2S/c1-11(2)20-16(21)15(23-17(20)22)10-12-6-5-9-19(12)14-8-4-3-7-13(14)18/h3-11H,1-2H3/b15-10+. The van der Waals surface area contributed by atoms with E-state index in [1.807, 2.05) is 0 Å². The van der Waals surface area contributed by atoms with Gasteiger partial charge in [-0.3, -0.25) is 14.5 Å². The number of nitrogens with zero attached hydrogens (tertiary/aromatic N) is 2. The molecule has 1 aromatic carbocycles. The molecule has 1 saturated heterocycles. The Morgan fingerprint density at radius 2 is 1.87 bits per heavy atom. The van der Waals surface area contributed by atoms with Gasteiger partial charge in [-0.25, -0.2) is 4.39 Å². The topological polar surface area (TPSA) is 42.3 Å². The summed E-state index contributed by atoms with van der Waals surface area (Å²) < 4.78 is 15.6. The summed E-state index contributed by atoms with van der Waals surface area (Å²) in [5, 5.41) is -0.278. The largest absolute Gasteiger partial charge is 0.314 e. The smallest absolute Gasteiger partial charge is 0.293 e. The summed E-state index contributed by atoms with van der Waals surface area (Å²) in [6, 6.07) is 9.76. The van der Waals surface area contributed by atoms with E-state index >= 15 is 0 Å². The molecule has 1 aliphatic heterocycles. The van der Waals surface area contributed by atoms with Crippen molar-refractivity contribution in [2.45, 2.75) is 19.9 Å². The van der Waals surface area contributed by atoms with Gasteiger partial charge in [0.15, 0.2) is 0 Å². The second kappa shape index (κ2) is 6.04. The highest BCUT2D eigenvalue weighted by Crippen LogP contribution is 2.33. The van der Waals surface area contributed by atoms with E-state index in [1.165, 1.54) is 11.0 Å². The lowest BCUT2D eigenvalue weighted by Gasteiger charge is -2.16. The van der Waals surface area contributed by atoms with Crippen LogP contribution in [0.2, 0.25) is 0 Å². The zero-order chi connectivity index (χ0) is 16.6. The number of hydrogen-bond donors (Lipinski definition) is 0. The maximum absolute atomic E-state index is 14.0. The summed E-state index contributed by atoms with van der Waals surface area (Å²) in [4.78, 5) is 25.8. The maximum Gasteiger partial charge on any atom is 0.293 e. The molecule has 23 heavy (non-hydrogen) atoms. The summed E-state index contributed by atoms with van der Waals surface area (Å²) in [5.41, 5.74) is 1.04. The van der Waals surface area contributed by atoms with Crippen molar-refractivity contribution >= 4 is 29.0 Å². The fraction of sp³-hybridized carbons (Fsp3) is 0.176. The van der Waals surface area contributed by atoms with E-state index in [0.29, 0.717) is 16.3 Å². The molecule has 3 rings (SSSR count). The number of carbonyl (C=O) groups excluding carboxylic acids is 2. The lowest BCUT2D eigenvalue weighted by molar-refractivity contribution is -0.123. The molecular formula is C17H15FN2O2S. The maximum atomic E-state index is 14.0. The van der Waals surface area contributed by atoms with Gasteiger partial charge in [-0.2, -0.15) is 0 Å². The highest BCUT2D eigenvalue weighted by atomic mass is 32.2. The molecule has 4 nitrogen and oxygen atoms in total. The molecule has 0 aliphatic carbocycles. The van der Waals surface area contributed by atoms with Gasteiger partial charge in [-0.1, -0.05) is 12.1 Å². The van der Waals surface area contributed by atoms with Crippen molar-refractivity contribution < 1.29 is 14.0 Å². The molecule has 6 heteroatoms. The number of thioether (sulfide) groups is 1. The minimum absolute atomic E-state index is 0.188. The van der Waals surface area contributed by atoms with Crippen LogP contribution in [-0.4, -0.2) is 26.7 Å². The third kappa shape index (κ3) is 2.82. The Morgan fingerprint density at radius 1 is 1.13 bits per heavy atom. The minimum atomic E-state index is -0.353. The molecule has 0 radical (unpaired) electrons. The Hall–Kier alpha value is -2.34. The van der Waals surface area contributed by atoms with Gasteiger partial charge in [-0.05, 0) is 56.0 Å². The van der Waals surface area contributed by atoms with E-state index < -0.39 is 0 Å². The second-order valence-electron chi connectivity index (χ2n) is 5.40. The van der Waals surface area contributed by atoms with Crippen LogP contribution in [0, 0.1) is 5.82 Å². The molecule has 2 amide bonds. The molecule has 0 atom stereocenters. The number of hydrogen-bond acceptors (Lipinski definition) is 3. The summed E-state index contributed by atoms with van der Waals surface area (Å²) in [6.45, 7) is 3.59. The fourth-order valence-corrected chi connectivity index (χ4v) is 3.38. The Bertz CT molecular complexity index is 810. The fourth-order valence-electron chi connectivity index (χ4n) is 2.44. The molecular weight excluding hydrogens is 315 g/mol. The van der Waals surface area contributed by atoms with Gasteiger partial charge in [0.05, 0.1) is 10.6 Å². The van der Waals surface area contributed by atoms with E-state index in [4.69, 9.17) is 0 Å². The molecule has 2 aromatic rings. The van der Waals surface area contributed by atoms with Crippen molar-refractivity contribution in [3.63, 3.8) is 0 Å². The highest BCUT2D eigenvalue weighted by molar-refractivity contribution is 8.18. The molecule has 0 bridgehead atoms. The number of aromatic nitrogens is 1. The van der Waals surface area contributed by atoms with Crippen LogP contribution in [0.5, 0.6) is 0 Å². The van der Waals surface area contributed by atoms with Crippen LogP contribution >= 0.6 is 11.8 Å². The van der Waals surface area contributed by atoms with Crippen LogP contribution in [0.4, 0.5) is 9.18 Å². The predicted octanol–water partition coefficient (Wildman–Crippen LogP) is 4.06. The van der Waals surface area contributed by atoms with Crippen molar-refractivity contribution in [1.82, 2.24) is 9.47 Å². The summed E-state index contributed by atoms with van der Waals surface area (Å²) in [7, 11) is 0. The Labute approximate surface area is 137 Å². The first kappa shape index (κ1) is 15.6. The minimum Gasteiger partial charge on any atom is -0.314 e. The predicted molar refractivity (Wildman–Crippen MR) is 88.7 cm³/mol. The molecule has 0 N–H and O–H groups in total. The average Bonchev–Trinajstić information content (AvgIpc) is 3.05. The van der Waals surface area contributed by atoms with Crippen molar-refractivity contribution in [2.75, 3.05) is 0 Å². The van der Waals surface area contributed by atoms with Crippen LogP contribution in [0.3, 0.4) is 0 Å². The van der Waals surface area contributed by atoms with E-state index in [-0.39, 0.29) is 23.0 Å². The molecule has 1 aromatic heterocycles. The van der Waals surface area contributed by atoms with Gasteiger partial charge in [0.2, 0.25) is 0 Å². The number of amides is 2. The van der Waals surface area contributed by atoms with Gasteiger partial charge in [0.1, 0.15) is 5.82 Å². The zero-order valence-electron chi connectivity index (χ0n) is 12.7. The van der Waals surface area contributed by atoms with Gasteiger partial charge >= 0.3 is 0 Å². The number of halogens is 1. The van der Waals surface area contributed by atoms with Gasteiger partial charge in [-0.15, -0.1) is 0 Å². The lowest BCUT2D eigenvalue weighted by atomic mass is 10.2. The quantitative estimate of drug-likeness (QED) is 0.797. The second-order valence-corrected chi connectivity index (χ2v) is 6.39. The number of benzene rings is 1. The van der Waals surface area contributed by atoms with Crippen LogP contribution in [-0.2, 0) is 4.79 Å². The van der Waals surface area contributed by atoms with Crippen molar-refractivity contribution in [3.8, 4) is 5.69 Å². The number of rotatable bonds is 3. The third-order valence-corrected chi connectivity index (χ3v) is 4.39. The first-order chi connectivity index (χ1) is 11.0. The lowest BCUT2D eigenvalue weighted by Crippen LogP contribution is -2.34. The van der Waals surface area contributed by atoms with Crippen LogP contribution in [0.25, 0.3) is 11.8 Å². The van der Waals surface area contributed by atoms with Gasteiger partial charge in [0.25, 0.3) is 11.1 Å². The SMILES string of the molecule is CC(C)N1C(=O)S/C(=C/c2cccn2-c2ccccc2F)C1=O. The summed E-state index contributed by atoms with van der Waals surface area (Å²) in [6.07, 6.45) is 3.34. The summed E-state index contributed by atoms with van der Waals surface area (Å²) >= 11 is 0.908. The van der Waals surface area contributed by atoms with Crippen molar-refractivity contribution in [1.29, 1.82) is 0 Å². The molecule has 0 spiro atoms. The van der Waals surface area contributed by atoms with E-state index in [1.54, 1.807) is 61.0 Å². The Kier molecular flexibility index (Phi) is 4.09. The molecule has 118 valence electrons. The first-order valence-electron chi connectivity index (χ1n) is 7.18. The molecule has 1 aliphatic rings. The third-order valence-electron chi connectivity index (χ3n) is 3.51. The van der Waals surface area contributed by atoms with Crippen molar-refractivity contribution in [3.05, 3.63) is 59.0 Å². The van der Waals surface area contributed by atoms with Crippen molar-refractivity contribution in [2.24, 2.45) is 0 Å². The highest BCUT2D eigenvalue weighted by Gasteiger charge is 2.36. The van der Waals surface area contributed by atoms with Gasteiger partial charge in [0, 0.05) is 17.9 Å². The van der Waals surface area contributed by atoms with E-state index in [9.17, 15) is 14.0 Å². The monoisotopic (exact) mass is 330 g/mol. The first-order valence-corrected chi connectivity index (χ1v) is 8.00. The number of carbonyl (C=O) groups is 2. The molecule has 0 saturated carbocycles. The number of para-hydroxylation sites is 1. The van der Waals surface area contributed by atoms with Crippen LogP contribution in [0.15, 0.2) is 47.5 Å². The molecule has 1 fully saturated rings. The average molecular weight is 330 g/mol. The van der Waals surface area contributed by atoms with E-state index in [0.717, 1.165) is 11.8 Å². The zero-order valence-corrected chi connectivity index (χ0v) is 13.5. The summed E-state index contributed by atoms with van der Waals surface area (Å²) in [5.74, 6) is -0.662. The molecule has 0 unspecified atom stereocenters. The van der Waals surface area contributed by atoms with E-state index in [2.05, 4.69) is 0 Å².